The van der Waals surface area contributed by atoms with Crippen LogP contribution < -0.4 is 10.1 Å². The fourth-order valence-corrected chi connectivity index (χ4v) is 5.77. The maximum absolute atomic E-state index is 6.30. The smallest absolute Gasteiger partial charge is 0.159 e. The maximum Gasteiger partial charge on any atom is 0.159 e. The van der Waals surface area contributed by atoms with Crippen molar-refractivity contribution < 1.29 is 4.74 Å². The lowest BCUT2D eigenvalue weighted by Crippen LogP contribution is -2.64. The van der Waals surface area contributed by atoms with Gasteiger partial charge in [-0.25, -0.2) is 0 Å². The molecule has 180 valence electrons. The number of hydrogen-bond acceptors (Lipinski definition) is 5. The largest absolute Gasteiger partial charge is 0.495 e. The monoisotopic (exact) mass is 479 g/mol. The van der Waals surface area contributed by atoms with E-state index in [0.717, 1.165) is 31.0 Å². The van der Waals surface area contributed by atoms with E-state index in [1.54, 1.807) is 7.11 Å². The van der Waals surface area contributed by atoms with Crippen LogP contribution in [0.1, 0.15) is 24.0 Å². The summed E-state index contributed by atoms with van der Waals surface area (Å²) < 4.78 is 5.26. The van der Waals surface area contributed by atoms with E-state index < -0.39 is 0 Å². The maximum atomic E-state index is 6.30. The number of nitrogens with one attached hydrogen (secondary N) is 1. The van der Waals surface area contributed by atoms with Crippen LogP contribution in [0, 0.1) is 5.41 Å². The zero-order valence-electron chi connectivity index (χ0n) is 20.1. The molecule has 7 heteroatoms. The predicted octanol–water partition coefficient (Wildman–Crippen LogP) is 4.18. The summed E-state index contributed by atoms with van der Waals surface area (Å²) >= 11 is 6.30. The number of benzene rings is 2. The highest BCUT2D eigenvalue weighted by atomic mass is 35.5. The minimum absolute atomic E-state index is 0.0959. The number of piperidine rings is 1. The summed E-state index contributed by atoms with van der Waals surface area (Å²) in [6, 6.07) is 16.5. The molecule has 1 spiro atoms. The van der Waals surface area contributed by atoms with E-state index in [4.69, 9.17) is 21.3 Å². The SMILES string of the molecule is COc1ccc(CN=C2C=CN(Cc3ccccc3)C(N3CCC4(CC3)CN(C)C4)N2)cc1Cl. The Morgan fingerprint density at radius 2 is 1.85 bits per heavy atom. The lowest BCUT2D eigenvalue weighted by molar-refractivity contribution is -0.0607. The topological polar surface area (TPSA) is 43.3 Å². The van der Waals surface area contributed by atoms with Crippen molar-refractivity contribution in [3.63, 3.8) is 0 Å². The number of amidine groups is 1. The molecule has 3 aliphatic rings. The van der Waals surface area contributed by atoms with Crippen molar-refractivity contribution in [1.29, 1.82) is 0 Å². The molecule has 5 rings (SSSR count). The Bertz CT molecular complexity index is 1040. The summed E-state index contributed by atoms with van der Waals surface area (Å²) in [5.41, 5.74) is 2.90. The number of likely N-dealkylation sites (tertiary alicyclic amines) is 2. The van der Waals surface area contributed by atoms with Crippen LogP contribution >= 0.6 is 11.6 Å². The molecule has 3 aliphatic heterocycles. The average Bonchev–Trinajstić information content (AvgIpc) is 2.84. The Morgan fingerprint density at radius 3 is 2.53 bits per heavy atom. The molecule has 0 amide bonds. The molecular formula is C27H34ClN5O. The van der Waals surface area contributed by atoms with E-state index in [0.29, 0.717) is 22.7 Å². The number of aliphatic imine (C=N–C) groups is 1. The summed E-state index contributed by atoms with van der Waals surface area (Å²) in [5.74, 6) is 1.59. The Balaban J connectivity index is 1.30. The molecule has 1 N–H and O–H groups in total. The van der Waals surface area contributed by atoms with Gasteiger partial charge in [-0.3, -0.25) is 9.89 Å². The van der Waals surface area contributed by atoms with Crippen LogP contribution in [0.2, 0.25) is 5.02 Å². The molecule has 0 aliphatic carbocycles. The standard InChI is InChI=1S/C27H34ClN5O/c1-31-19-27(20-31)11-14-32(15-12-27)26-30-25(10-13-33(26)18-21-6-4-3-5-7-21)29-17-22-8-9-24(34-2)23(28)16-22/h3-10,13,16,26H,11-12,14-15,17-20H2,1-2H3,(H,29,30). The van der Waals surface area contributed by atoms with Crippen LogP contribution in [0.25, 0.3) is 0 Å². The number of methoxy groups -OCH3 is 1. The van der Waals surface area contributed by atoms with Gasteiger partial charge in [-0.15, -0.1) is 0 Å². The molecule has 2 fully saturated rings. The molecule has 3 heterocycles. The van der Waals surface area contributed by atoms with Crippen molar-refractivity contribution in [3.05, 3.63) is 77.0 Å². The van der Waals surface area contributed by atoms with Crippen LogP contribution in [0.5, 0.6) is 5.75 Å². The van der Waals surface area contributed by atoms with Gasteiger partial charge in [0, 0.05) is 38.9 Å². The number of halogens is 1. The minimum Gasteiger partial charge on any atom is -0.495 e. The predicted molar refractivity (Wildman–Crippen MR) is 138 cm³/mol. The molecular weight excluding hydrogens is 446 g/mol. The highest BCUT2D eigenvalue weighted by molar-refractivity contribution is 6.32. The highest BCUT2D eigenvalue weighted by Gasteiger charge is 2.44. The summed E-state index contributed by atoms with van der Waals surface area (Å²) in [4.78, 5) is 12.3. The molecule has 1 unspecified atom stereocenters. The van der Waals surface area contributed by atoms with Gasteiger partial charge in [0.25, 0.3) is 0 Å². The van der Waals surface area contributed by atoms with Crippen LogP contribution in [0.4, 0.5) is 0 Å². The van der Waals surface area contributed by atoms with Crippen molar-refractivity contribution in [2.75, 3.05) is 40.3 Å². The third kappa shape index (κ3) is 5.09. The molecule has 0 aromatic heterocycles. The van der Waals surface area contributed by atoms with Crippen molar-refractivity contribution in [2.24, 2.45) is 10.4 Å². The lowest BCUT2D eigenvalue weighted by atomic mass is 9.72. The van der Waals surface area contributed by atoms with Gasteiger partial charge in [0.15, 0.2) is 6.29 Å². The number of hydrogen-bond donors (Lipinski definition) is 1. The second-order valence-corrected chi connectivity index (χ2v) is 10.3. The van der Waals surface area contributed by atoms with E-state index in [2.05, 4.69) is 69.7 Å². The second kappa shape index (κ2) is 9.98. The Morgan fingerprint density at radius 1 is 1.09 bits per heavy atom. The number of rotatable bonds is 6. The lowest BCUT2D eigenvalue weighted by Gasteiger charge is -2.54. The molecule has 0 saturated carbocycles. The molecule has 2 saturated heterocycles. The van der Waals surface area contributed by atoms with E-state index in [9.17, 15) is 0 Å². The first-order valence-electron chi connectivity index (χ1n) is 12.1. The highest BCUT2D eigenvalue weighted by Crippen LogP contribution is 2.40. The molecule has 2 aromatic rings. The van der Waals surface area contributed by atoms with Crippen LogP contribution in [0.3, 0.4) is 0 Å². The summed E-state index contributed by atoms with van der Waals surface area (Å²) in [6.45, 7) is 6.11. The summed E-state index contributed by atoms with van der Waals surface area (Å²) in [7, 11) is 3.86. The zero-order chi connectivity index (χ0) is 23.5. The first-order valence-corrected chi connectivity index (χ1v) is 12.5. The second-order valence-electron chi connectivity index (χ2n) is 9.87. The minimum atomic E-state index is 0.0959. The zero-order valence-corrected chi connectivity index (χ0v) is 20.8. The first-order chi connectivity index (χ1) is 16.5. The molecule has 1 atom stereocenters. The fraction of sp³-hybridized carbons (Fsp3) is 0.444. The number of ether oxygens (including phenoxy) is 1. The van der Waals surface area contributed by atoms with Crippen molar-refractivity contribution in [1.82, 2.24) is 20.0 Å². The van der Waals surface area contributed by atoms with E-state index >= 15 is 0 Å². The average molecular weight is 480 g/mol. The Kier molecular flexibility index (Phi) is 6.82. The van der Waals surface area contributed by atoms with E-state index in [-0.39, 0.29) is 6.29 Å². The number of nitrogens with zero attached hydrogens (tertiary/aromatic N) is 4. The van der Waals surface area contributed by atoms with Gasteiger partial charge >= 0.3 is 0 Å². The van der Waals surface area contributed by atoms with Gasteiger partial charge in [0.05, 0.1) is 18.7 Å². The van der Waals surface area contributed by atoms with Gasteiger partial charge in [-0.2, -0.15) is 0 Å². The van der Waals surface area contributed by atoms with Crippen molar-refractivity contribution in [3.8, 4) is 5.75 Å². The van der Waals surface area contributed by atoms with Gasteiger partial charge in [0.1, 0.15) is 11.6 Å². The van der Waals surface area contributed by atoms with Crippen LogP contribution in [0.15, 0.2) is 65.8 Å². The molecule has 0 radical (unpaired) electrons. The van der Waals surface area contributed by atoms with E-state index in [1.165, 1.54) is 31.5 Å². The van der Waals surface area contributed by atoms with Gasteiger partial charge in [0.2, 0.25) is 0 Å². The van der Waals surface area contributed by atoms with Gasteiger partial charge < -0.3 is 19.9 Å². The summed E-state index contributed by atoms with van der Waals surface area (Å²) in [6.07, 6.45) is 6.88. The van der Waals surface area contributed by atoms with Gasteiger partial charge in [-0.1, -0.05) is 48.0 Å². The van der Waals surface area contributed by atoms with E-state index in [1.807, 2.05) is 18.2 Å². The third-order valence-corrected chi connectivity index (χ3v) is 7.58. The Hall–Kier alpha value is -2.54. The first kappa shape index (κ1) is 23.2. The van der Waals surface area contributed by atoms with Gasteiger partial charge in [-0.05, 0) is 54.6 Å². The molecule has 2 aromatic carbocycles. The van der Waals surface area contributed by atoms with Crippen LogP contribution in [-0.2, 0) is 13.1 Å². The van der Waals surface area contributed by atoms with Crippen molar-refractivity contribution in [2.45, 2.75) is 32.2 Å². The normalized spacial score (nSPS) is 23.7. The Labute approximate surface area is 207 Å². The third-order valence-electron chi connectivity index (χ3n) is 7.29. The quantitative estimate of drug-likeness (QED) is 0.673. The summed E-state index contributed by atoms with van der Waals surface area (Å²) in [5, 5.41) is 4.33. The fourth-order valence-electron chi connectivity index (χ4n) is 5.49. The molecule has 34 heavy (non-hydrogen) atoms. The van der Waals surface area contributed by atoms with Crippen LogP contribution in [-0.4, -0.2) is 67.2 Å². The van der Waals surface area contributed by atoms with Crippen molar-refractivity contribution >= 4 is 17.4 Å². The molecule has 0 bridgehead atoms. The molecule has 6 nitrogen and oxygen atoms in total.